The summed E-state index contributed by atoms with van der Waals surface area (Å²) in [5, 5.41) is 8.81. The van der Waals surface area contributed by atoms with Gasteiger partial charge in [0.15, 0.2) is 0 Å². The predicted octanol–water partition coefficient (Wildman–Crippen LogP) is 1.47. The maximum Gasteiger partial charge on any atom is 0.303 e. The molecule has 0 aromatic carbocycles. The lowest BCUT2D eigenvalue weighted by atomic mass is 9.93. The first kappa shape index (κ1) is 15.3. The molecule has 6 nitrogen and oxygen atoms in total. The zero-order valence-corrected chi connectivity index (χ0v) is 12.5. The summed E-state index contributed by atoms with van der Waals surface area (Å²) in [4.78, 5) is 30.5. The second-order valence-electron chi connectivity index (χ2n) is 5.63. The first-order chi connectivity index (χ1) is 9.97. The number of amides is 1. The molecule has 0 atom stereocenters. The van der Waals surface area contributed by atoms with Crippen LogP contribution in [0.3, 0.4) is 0 Å². The van der Waals surface area contributed by atoms with Crippen molar-refractivity contribution >= 4 is 17.7 Å². The summed E-state index contributed by atoms with van der Waals surface area (Å²) in [5.41, 5.74) is 0.574. The van der Waals surface area contributed by atoms with Crippen LogP contribution in [0.4, 0.5) is 5.82 Å². The molecule has 1 aliphatic heterocycles. The summed E-state index contributed by atoms with van der Waals surface area (Å²) in [5.74, 6) is 0.319. The Balaban J connectivity index is 1.95. The summed E-state index contributed by atoms with van der Waals surface area (Å²) in [6.45, 7) is 1.62. The van der Waals surface area contributed by atoms with Crippen LogP contribution in [0.15, 0.2) is 18.3 Å². The predicted molar refractivity (Wildman–Crippen MR) is 79.4 cm³/mol. The van der Waals surface area contributed by atoms with Gasteiger partial charge in [-0.2, -0.15) is 0 Å². The minimum Gasteiger partial charge on any atom is -0.481 e. The van der Waals surface area contributed by atoms with E-state index in [9.17, 15) is 9.59 Å². The second kappa shape index (κ2) is 6.56. The molecule has 0 saturated carbocycles. The molecule has 2 rings (SSSR count). The molecule has 1 saturated heterocycles. The van der Waals surface area contributed by atoms with Gasteiger partial charge in [-0.15, -0.1) is 0 Å². The lowest BCUT2D eigenvalue weighted by Gasteiger charge is -2.32. The summed E-state index contributed by atoms with van der Waals surface area (Å²) in [6.07, 6.45) is 3.58. The maximum atomic E-state index is 11.8. The third-order valence-electron chi connectivity index (χ3n) is 3.80. The van der Waals surface area contributed by atoms with Crippen LogP contribution in [0.1, 0.15) is 29.6 Å². The number of nitrogens with zero attached hydrogens (tertiary/aromatic N) is 3. The number of hydrogen-bond acceptors (Lipinski definition) is 4. The van der Waals surface area contributed by atoms with Gasteiger partial charge in [-0.3, -0.25) is 9.59 Å². The SMILES string of the molecule is CN(C)C(=O)c1ccc(N2CCC(CC(=O)O)CC2)nc1. The molecule has 0 radical (unpaired) electrons. The summed E-state index contributed by atoms with van der Waals surface area (Å²) < 4.78 is 0. The monoisotopic (exact) mass is 291 g/mol. The van der Waals surface area contributed by atoms with Gasteiger partial charge in [-0.05, 0) is 30.9 Å². The number of pyridine rings is 1. The molecule has 0 aliphatic carbocycles. The Morgan fingerprint density at radius 3 is 2.48 bits per heavy atom. The van der Waals surface area contributed by atoms with Crippen LogP contribution in [0.25, 0.3) is 0 Å². The van der Waals surface area contributed by atoms with E-state index in [2.05, 4.69) is 9.88 Å². The van der Waals surface area contributed by atoms with Crippen molar-refractivity contribution in [3.05, 3.63) is 23.9 Å². The smallest absolute Gasteiger partial charge is 0.303 e. The quantitative estimate of drug-likeness (QED) is 0.909. The van der Waals surface area contributed by atoms with Crippen molar-refractivity contribution in [3.8, 4) is 0 Å². The normalized spacial score (nSPS) is 15.8. The highest BCUT2D eigenvalue weighted by Gasteiger charge is 2.22. The number of anilines is 1. The molecule has 0 spiro atoms. The molecule has 1 N–H and O–H groups in total. The average Bonchev–Trinajstić information content (AvgIpc) is 2.47. The zero-order valence-electron chi connectivity index (χ0n) is 12.5. The van der Waals surface area contributed by atoms with Crippen molar-refractivity contribution in [2.45, 2.75) is 19.3 Å². The van der Waals surface area contributed by atoms with Crippen molar-refractivity contribution in [1.82, 2.24) is 9.88 Å². The van der Waals surface area contributed by atoms with Gasteiger partial charge < -0.3 is 14.9 Å². The Bertz CT molecular complexity index is 505. The van der Waals surface area contributed by atoms with Gasteiger partial charge in [0.2, 0.25) is 0 Å². The maximum absolute atomic E-state index is 11.8. The number of aromatic nitrogens is 1. The molecule has 1 amide bonds. The van der Waals surface area contributed by atoms with Gasteiger partial charge in [0, 0.05) is 39.8 Å². The van der Waals surface area contributed by atoms with E-state index in [4.69, 9.17) is 5.11 Å². The number of carbonyl (C=O) groups is 2. The molecule has 6 heteroatoms. The lowest BCUT2D eigenvalue weighted by molar-refractivity contribution is -0.138. The summed E-state index contributed by atoms with van der Waals surface area (Å²) >= 11 is 0. The van der Waals surface area contributed by atoms with Gasteiger partial charge in [-0.1, -0.05) is 0 Å². The lowest BCUT2D eigenvalue weighted by Crippen LogP contribution is -2.35. The van der Waals surface area contributed by atoms with Crippen molar-refractivity contribution in [2.24, 2.45) is 5.92 Å². The Kier molecular flexibility index (Phi) is 4.77. The van der Waals surface area contributed by atoms with Crippen LogP contribution < -0.4 is 4.90 Å². The highest BCUT2D eigenvalue weighted by atomic mass is 16.4. The minimum absolute atomic E-state index is 0.0609. The van der Waals surface area contributed by atoms with E-state index in [-0.39, 0.29) is 18.2 Å². The van der Waals surface area contributed by atoms with Crippen molar-refractivity contribution in [1.29, 1.82) is 0 Å². The molecule has 114 valence electrons. The van der Waals surface area contributed by atoms with Gasteiger partial charge in [-0.25, -0.2) is 4.98 Å². The van der Waals surface area contributed by atoms with Gasteiger partial charge >= 0.3 is 5.97 Å². The van der Waals surface area contributed by atoms with Crippen LogP contribution in [0.2, 0.25) is 0 Å². The highest BCUT2D eigenvalue weighted by Crippen LogP contribution is 2.24. The molecule has 21 heavy (non-hydrogen) atoms. The third-order valence-corrected chi connectivity index (χ3v) is 3.80. The number of carbonyl (C=O) groups excluding carboxylic acids is 1. The topological polar surface area (TPSA) is 73.7 Å². The van der Waals surface area contributed by atoms with Gasteiger partial charge in [0.05, 0.1) is 5.56 Å². The number of aliphatic carboxylic acids is 1. The van der Waals surface area contributed by atoms with Crippen molar-refractivity contribution in [2.75, 3.05) is 32.1 Å². The average molecular weight is 291 g/mol. The van der Waals surface area contributed by atoms with E-state index < -0.39 is 5.97 Å². The first-order valence-electron chi connectivity index (χ1n) is 7.12. The molecule has 2 heterocycles. The summed E-state index contributed by atoms with van der Waals surface area (Å²) in [6, 6.07) is 3.64. The third kappa shape index (κ3) is 3.93. The molecule has 0 bridgehead atoms. The van der Waals surface area contributed by atoms with Crippen LogP contribution in [-0.2, 0) is 4.79 Å². The molecule has 1 aromatic rings. The Morgan fingerprint density at radius 1 is 1.33 bits per heavy atom. The molecule has 0 unspecified atom stereocenters. The number of piperidine rings is 1. The number of carboxylic acid groups (broad SMARTS) is 1. The highest BCUT2D eigenvalue weighted by molar-refractivity contribution is 5.93. The molecular formula is C15H21N3O3. The molecule has 1 aliphatic rings. The number of hydrogen-bond donors (Lipinski definition) is 1. The Morgan fingerprint density at radius 2 is 2.00 bits per heavy atom. The van der Waals surface area contributed by atoms with E-state index in [1.54, 1.807) is 26.4 Å². The van der Waals surface area contributed by atoms with E-state index in [1.807, 2.05) is 6.07 Å². The van der Waals surface area contributed by atoms with Crippen LogP contribution in [0, 0.1) is 5.92 Å². The fourth-order valence-corrected chi connectivity index (χ4v) is 2.57. The standard InChI is InChI=1S/C15H21N3O3/c1-17(2)15(21)12-3-4-13(16-10-12)18-7-5-11(6-8-18)9-14(19)20/h3-4,10-11H,5-9H2,1-2H3,(H,19,20). The first-order valence-corrected chi connectivity index (χ1v) is 7.12. The number of rotatable bonds is 4. The van der Waals surface area contributed by atoms with E-state index in [0.29, 0.717) is 5.56 Å². The number of carboxylic acids is 1. The molecular weight excluding hydrogens is 270 g/mol. The van der Waals surface area contributed by atoms with Crippen LogP contribution in [-0.4, -0.2) is 54.1 Å². The van der Waals surface area contributed by atoms with Crippen molar-refractivity contribution in [3.63, 3.8) is 0 Å². The van der Waals surface area contributed by atoms with E-state index >= 15 is 0 Å². The zero-order chi connectivity index (χ0) is 15.4. The fraction of sp³-hybridized carbons (Fsp3) is 0.533. The Labute approximate surface area is 124 Å². The molecule has 1 aromatic heterocycles. The van der Waals surface area contributed by atoms with Crippen LogP contribution >= 0.6 is 0 Å². The van der Waals surface area contributed by atoms with Gasteiger partial charge in [0.1, 0.15) is 5.82 Å². The van der Waals surface area contributed by atoms with E-state index in [1.165, 1.54) is 4.90 Å². The van der Waals surface area contributed by atoms with Crippen LogP contribution in [0.5, 0.6) is 0 Å². The molecule has 1 fully saturated rings. The Hall–Kier alpha value is -2.11. The van der Waals surface area contributed by atoms with Gasteiger partial charge in [0.25, 0.3) is 5.91 Å². The van der Waals surface area contributed by atoms with Crippen molar-refractivity contribution < 1.29 is 14.7 Å². The second-order valence-corrected chi connectivity index (χ2v) is 5.63. The largest absolute Gasteiger partial charge is 0.481 e. The minimum atomic E-state index is -0.724. The fourth-order valence-electron chi connectivity index (χ4n) is 2.57. The summed E-state index contributed by atoms with van der Waals surface area (Å²) in [7, 11) is 3.42. The van der Waals surface area contributed by atoms with E-state index in [0.717, 1.165) is 31.7 Å².